The van der Waals surface area contributed by atoms with Crippen molar-refractivity contribution in [1.29, 1.82) is 0 Å². The Morgan fingerprint density at radius 3 is 2.70 bits per heavy atom. The predicted octanol–water partition coefficient (Wildman–Crippen LogP) is 1.01. The van der Waals surface area contributed by atoms with Crippen molar-refractivity contribution >= 4 is 17.8 Å². The van der Waals surface area contributed by atoms with E-state index in [2.05, 4.69) is 5.32 Å². The Kier molecular flexibility index (Phi) is 4.20. The summed E-state index contributed by atoms with van der Waals surface area (Å²) in [5.74, 6) is 0.855. The number of fused-ring (bicyclic) bond motifs is 1. The summed E-state index contributed by atoms with van der Waals surface area (Å²) >= 11 is 0. The van der Waals surface area contributed by atoms with Crippen molar-refractivity contribution in [2.24, 2.45) is 5.92 Å². The second kappa shape index (κ2) is 6.44. The maximum absolute atomic E-state index is 12.6. The number of carbonyl (C=O) groups is 3. The van der Waals surface area contributed by atoms with Crippen LogP contribution in [0, 0.1) is 5.92 Å². The molecule has 2 aliphatic heterocycles. The summed E-state index contributed by atoms with van der Waals surface area (Å²) in [5, 5.41) is 2.75. The molecule has 0 spiro atoms. The second-order valence-electron chi connectivity index (χ2n) is 7.57. The summed E-state index contributed by atoms with van der Waals surface area (Å²) < 4.78 is 11.5. The van der Waals surface area contributed by atoms with Crippen LogP contribution in [0.1, 0.15) is 19.8 Å². The zero-order chi connectivity index (χ0) is 19.2. The van der Waals surface area contributed by atoms with Gasteiger partial charge in [-0.25, -0.2) is 4.79 Å². The van der Waals surface area contributed by atoms with Crippen LogP contribution >= 0.6 is 0 Å². The molecule has 2 atom stereocenters. The van der Waals surface area contributed by atoms with Crippen molar-refractivity contribution in [2.45, 2.75) is 31.4 Å². The fraction of sp³-hybridized carbons (Fsp3) is 0.526. The van der Waals surface area contributed by atoms with E-state index in [9.17, 15) is 14.4 Å². The minimum Gasteiger partial charge on any atom is -0.486 e. The molecule has 3 aliphatic rings. The Morgan fingerprint density at radius 1 is 1.30 bits per heavy atom. The van der Waals surface area contributed by atoms with Crippen LogP contribution in [0.5, 0.6) is 11.5 Å². The summed E-state index contributed by atoms with van der Waals surface area (Å²) in [6.07, 6.45) is 1.53. The molecule has 8 heteroatoms. The number of nitrogens with one attached hydrogen (secondary N) is 1. The monoisotopic (exact) mass is 373 g/mol. The van der Waals surface area contributed by atoms with Crippen molar-refractivity contribution < 1.29 is 23.9 Å². The molecule has 1 aromatic rings. The predicted molar refractivity (Wildman–Crippen MR) is 95.4 cm³/mol. The minimum atomic E-state index is -0.875. The Morgan fingerprint density at radius 2 is 2.00 bits per heavy atom. The van der Waals surface area contributed by atoms with E-state index in [1.165, 1.54) is 4.90 Å². The third-order valence-corrected chi connectivity index (χ3v) is 5.46. The van der Waals surface area contributed by atoms with Crippen molar-refractivity contribution in [3.8, 4) is 11.5 Å². The lowest BCUT2D eigenvalue weighted by atomic mass is 9.96. The van der Waals surface area contributed by atoms with Gasteiger partial charge in [0, 0.05) is 7.05 Å². The number of benzene rings is 1. The van der Waals surface area contributed by atoms with Crippen LogP contribution < -0.4 is 14.8 Å². The number of urea groups is 1. The van der Waals surface area contributed by atoms with Crippen LogP contribution in [0.2, 0.25) is 0 Å². The van der Waals surface area contributed by atoms with Gasteiger partial charge in [-0.1, -0.05) is 12.1 Å². The molecule has 0 unspecified atom stereocenters. The Labute approximate surface area is 157 Å². The average Bonchev–Trinajstić information content (AvgIpc) is 3.47. The van der Waals surface area contributed by atoms with Crippen LogP contribution in [0.15, 0.2) is 24.3 Å². The Balaban J connectivity index is 1.35. The molecular formula is C19H23N3O5. The van der Waals surface area contributed by atoms with E-state index in [0.717, 1.165) is 17.7 Å². The lowest BCUT2D eigenvalue weighted by Gasteiger charge is -2.30. The van der Waals surface area contributed by atoms with Gasteiger partial charge >= 0.3 is 6.03 Å². The van der Waals surface area contributed by atoms with E-state index >= 15 is 0 Å². The van der Waals surface area contributed by atoms with Crippen LogP contribution in [-0.2, 0) is 9.59 Å². The first-order valence-corrected chi connectivity index (χ1v) is 9.15. The molecule has 1 aromatic carbocycles. The van der Waals surface area contributed by atoms with Crippen molar-refractivity contribution in [3.05, 3.63) is 24.3 Å². The van der Waals surface area contributed by atoms with E-state index in [4.69, 9.17) is 9.47 Å². The lowest BCUT2D eigenvalue weighted by molar-refractivity contribution is -0.139. The highest BCUT2D eigenvalue weighted by atomic mass is 16.6. The minimum absolute atomic E-state index is 0.166. The van der Waals surface area contributed by atoms with Crippen LogP contribution in [0.3, 0.4) is 0 Å². The van der Waals surface area contributed by atoms with Gasteiger partial charge in [0.05, 0.1) is 6.54 Å². The van der Waals surface area contributed by atoms with E-state index in [-0.39, 0.29) is 30.4 Å². The SMILES string of the molecule is CN(C[C@H]1COc2ccccc2O1)C(=O)CN1C(=O)N[C@](C)(C2CC2)C1=O. The number of hydrogen-bond acceptors (Lipinski definition) is 5. The molecule has 27 heavy (non-hydrogen) atoms. The van der Waals surface area contributed by atoms with Gasteiger partial charge in [0.25, 0.3) is 5.91 Å². The number of carbonyl (C=O) groups excluding carboxylic acids is 3. The number of para-hydroxylation sites is 2. The highest BCUT2D eigenvalue weighted by Crippen LogP contribution is 2.42. The largest absolute Gasteiger partial charge is 0.486 e. The molecule has 2 heterocycles. The molecule has 4 amide bonds. The number of imide groups is 1. The molecule has 1 aliphatic carbocycles. The fourth-order valence-corrected chi connectivity index (χ4v) is 3.61. The van der Waals surface area contributed by atoms with Gasteiger partial charge in [0.2, 0.25) is 5.91 Å². The smallest absolute Gasteiger partial charge is 0.325 e. The summed E-state index contributed by atoms with van der Waals surface area (Å²) in [6, 6.07) is 6.87. The van der Waals surface area contributed by atoms with Crippen molar-refractivity contribution in [2.75, 3.05) is 26.7 Å². The average molecular weight is 373 g/mol. The van der Waals surface area contributed by atoms with Gasteiger partial charge in [-0.3, -0.25) is 14.5 Å². The number of likely N-dealkylation sites (N-methyl/N-ethyl adjacent to an activating group) is 1. The third-order valence-electron chi connectivity index (χ3n) is 5.46. The number of nitrogens with zero attached hydrogens (tertiary/aromatic N) is 2. The molecule has 0 bridgehead atoms. The summed E-state index contributed by atoms with van der Waals surface area (Å²) in [4.78, 5) is 39.9. The first kappa shape index (κ1) is 17.6. The van der Waals surface area contributed by atoms with Crippen LogP contribution in [0.25, 0.3) is 0 Å². The molecule has 0 aromatic heterocycles. The Hall–Kier alpha value is -2.77. The first-order chi connectivity index (χ1) is 12.9. The van der Waals surface area contributed by atoms with Gasteiger partial charge in [-0.2, -0.15) is 0 Å². The standard InChI is InChI=1S/C19H23N3O5/c1-19(12-7-8-12)17(24)22(18(25)20-19)10-16(23)21(2)9-13-11-26-14-5-3-4-6-15(14)27-13/h3-6,12-13H,7-11H2,1-2H3,(H,20,25)/t13-,19+/m0/s1. The maximum atomic E-state index is 12.6. The molecule has 1 N–H and O–H groups in total. The molecule has 0 radical (unpaired) electrons. The van der Waals surface area contributed by atoms with Crippen molar-refractivity contribution in [1.82, 2.24) is 15.1 Å². The van der Waals surface area contributed by atoms with Gasteiger partial charge in [0.1, 0.15) is 18.7 Å². The van der Waals surface area contributed by atoms with Gasteiger partial charge in [-0.05, 0) is 37.8 Å². The number of hydrogen-bond donors (Lipinski definition) is 1. The number of amides is 4. The molecule has 1 saturated heterocycles. The van der Waals surface area contributed by atoms with E-state index in [1.807, 2.05) is 24.3 Å². The van der Waals surface area contributed by atoms with Gasteiger partial charge < -0.3 is 19.7 Å². The zero-order valence-electron chi connectivity index (χ0n) is 15.4. The normalized spacial score (nSPS) is 26.7. The zero-order valence-corrected chi connectivity index (χ0v) is 15.4. The van der Waals surface area contributed by atoms with Gasteiger partial charge in [-0.15, -0.1) is 0 Å². The van der Waals surface area contributed by atoms with E-state index in [1.54, 1.807) is 14.0 Å². The quantitative estimate of drug-likeness (QED) is 0.778. The molecule has 144 valence electrons. The molecule has 8 nitrogen and oxygen atoms in total. The topological polar surface area (TPSA) is 88.2 Å². The van der Waals surface area contributed by atoms with Gasteiger partial charge in [0.15, 0.2) is 17.6 Å². The van der Waals surface area contributed by atoms with E-state index < -0.39 is 11.6 Å². The highest BCUT2D eigenvalue weighted by molar-refractivity contribution is 6.09. The summed E-state index contributed by atoms with van der Waals surface area (Å²) in [7, 11) is 1.63. The number of ether oxygens (including phenoxy) is 2. The molecule has 4 rings (SSSR count). The van der Waals surface area contributed by atoms with Crippen molar-refractivity contribution in [3.63, 3.8) is 0 Å². The lowest BCUT2D eigenvalue weighted by Crippen LogP contribution is -2.48. The third kappa shape index (κ3) is 3.20. The molecular weight excluding hydrogens is 350 g/mol. The van der Waals surface area contributed by atoms with Crippen LogP contribution in [0.4, 0.5) is 4.79 Å². The number of rotatable bonds is 5. The van der Waals surface area contributed by atoms with E-state index in [0.29, 0.717) is 24.7 Å². The highest BCUT2D eigenvalue weighted by Gasteiger charge is 2.56. The maximum Gasteiger partial charge on any atom is 0.325 e. The first-order valence-electron chi connectivity index (χ1n) is 9.15. The molecule has 2 fully saturated rings. The second-order valence-corrected chi connectivity index (χ2v) is 7.57. The fourth-order valence-electron chi connectivity index (χ4n) is 3.61. The summed E-state index contributed by atoms with van der Waals surface area (Å²) in [5.41, 5.74) is -0.875. The summed E-state index contributed by atoms with van der Waals surface area (Å²) in [6.45, 7) is 2.10. The Bertz CT molecular complexity index is 793. The van der Waals surface area contributed by atoms with Crippen LogP contribution in [-0.4, -0.2) is 66.0 Å². The molecule has 1 saturated carbocycles.